The maximum Gasteiger partial charge on any atom is 0.245 e. The van der Waals surface area contributed by atoms with Gasteiger partial charge in [-0.3, -0.25) is 14.4 Å². The zero-order valence-electron chi connectivity index (χ0n) is 20.9. The molecule has 2 aliphatic rings. The molecule has 0 spiro atoms. The fourth-order valence-electron chi connectivity index (χ4n) is 5.26. The normalized spacial score (nSPS) is 25.4. The van der Waals surface area contributed by atoms with Crippen LogP contribution in [-0.2, 0) is 20.0 Å². The van der Waals surface area contributed by atoms with Gasteiger partial charge in [-0.1, -0.05) is 51.4 Å². The molecule has 1 aromatic rings. The van der Waals surface area contributed by atoms with Gasteiger partial charge in [-0.25, -0.2) is 0 Å². The van der Waals surface area contributed by atoms with Crippen LogP contribution in [0.1, 0.15) is 59.4 Å². The number of amides is 3. The Labute approximate surface area is 207 Å². The van der Waals surface area contributed by atoms with Crippen molar-refractivity contribution in [1.82, 2.24) is 15.1 Å². The number of aliphatic hydroxyl groups is 1. The van der Waals surface area contributed by atoms with Gasteiger partial charge in [-0.05, 0) is 42.4 Å². The maximum absolute atomic E-state index is 13.5. The summed E-state index contributed by atoms with van der Waals surface area (Å²) in [5.74, 6) is -0.198. The molecule has 1 aromatic carbocycles. The van der Waals surface area contributed by atoms with Crippen LogP contribution in [0.5, 0.6) is 0 Å². The third-order valence-corrected chi connectivity index (χ3v) is 7.79. The number of carbonyl (C=O) groups is 3. The molecule has 0 radical (unpaired) electrons. The molecule has 2 aliphatic heterocycles. The predicted octanol–water partition coefficient (Wildman–Crippen LogP) is 3.19. The standard InChI is InChI=1S/C26H38ClN3O4/c1-17(2)23(28-22(32)14-19-10-12-29(15-19)18(3)31)24(33)30-13-11-26(34,25(4,5)16-30)20-6-8-21(27)9-7-20/h6-9,17,19,23,34H,10-16H2,1-5H3,(H,28,32)/t19-,23-,26+/m1/s1. The molecule has 2 saturated heterocycles. The fourth-order valence-corrected chi connectivity index (χ4v) is 5.39. The molecule has 34 heavy (non-hydrogen) atoms. The van der Waals surface area contributed by atoms with E-state index in [2.05, 4.69) is 5.32 Å². The molecule has 8 heteroatoms. The summed E-state index contributed by atoms with van der Waals surface area (Å²) in [6.45, 7) is 11.4. The van der Waals surface area contributed by atoms with Gasteiger partial charge in [0.1, 0.15) is 6.04 Å². The van der Waals surface area contributed by atoms with Crippen LogP contribution in [0.3, 0.4) is 0 Å². The Kier molecular flexibility index (Phi) is 7.98. The summed E-state index contributed by atoms with van der Waals surface area (Å²) in [7, 11) is 0. The molecule has 2 N–H and O–H groups in total. The second kappa shape index (κ2) is 10.2. The molecule has 0 unspecified atom stereocenters. The molecule has 3 atom stereocenters. The van der Waals surface area contributed by atoms with Crippen LogP contribution in [0.2, 0.25) is 5.02 Å². The molecule has 2 fully saturated rings. The zero-order valence-corrected chi connectivity index (χ0v) is 21.7. The molecule has 0 bridgehead atoms. The van der Waals surface area contributed by atoms with Crippen LogP contribution in [0.15, 0.2) is 24.3 Å². The monoisotopic (exact) mass is 491 g/mol. The van der Waals surface area contributed by atoms with Gasteiger partial charge in [0.25, 0.3) is 0 Å². The summed E-state index contributed by atoms with van der Waals surface area (Å²) in [5.41, 5.74) is -0.894. The molecule has 7 nitrogen and oxygen atoms in total. The van der Waals surface area contributed by atoms with E-state index in [1.54, 1.807) is 28.9 Å². The number of nitrogens with one attached hydrogen (secondary N) is 1. The SMILES string of the molecule is CC(=O)N1CC[C@H](CC(=O)N[C@@H](C(=O)N2CC[C@](O)(c3ccc(Cl)cc3)C(C)(C)C2)C(C)C)C1. The highest BCUT2D eigenvalue weighted by Crippen LogP contribution is 2.46. The Morgan fingerprint density at radius 3 is 2.32 bits per heavy atom. The summed E-state index contributed by atoms with van der Waals surface area (Å²) in [4.78, 5) is 41.4. The van der Waals surface area contributed by atoms with Crippen LogP contribution in [-0.4, -0.2) is 64.8 Å². The van der Waals surface area contributed by atoms with Crippen molar-refractivity contribution >= 4 is 29.3 Å². The lowest BCUT2D eigenvalue weighted by Gasteiger charge is -2.51. The summed E-state index contributed by atoms with van der Waals surface area (Å²) in [6.07, 6.45) is 1.51. The van der Waals surface area contributed by atoms with Gasteiger partial charge in [0, 0.05) is 50.0 Å². The number of hydrogen-bond acceptors (Lipinski definition) is 4. The van der Waals surface area contributed by atoms with Gasteiger partial charge in [-0.2, -0.15) is 0 Å². The van der Waals surface area contributed by atoms with E-state index in [1.807, 2.05) is 39.8 Å². The summed E-state index contributed by atoms with van der Waals surface area (Å²) >= 11 is 6.03. The van der Waals surface area contributed by atoms with Crippen LogP contribution >= 0.6 is 11.6 Å². The van der Waals surface area contributed by atoms with E-state index < -0.39 is 17.1 Å². The van der Waals surface area contributed by atoms with E-state index in [-0.39, 0.29) is 29.6 Å². The van der Waals surface area contributed by atoms with Crippen molar-refractivity contribution in [2.45, 2.75) is 65.5 Å². The Balaban J connectivity index is 1.65. The number of benzene rings is 1. The van der Waals surface area contributed by atoms with Gasteiger partial charge in [-0.15, -0.1) is 0 Å². The van der Waals surface area contributed by atoms with E-state index in [4.69, 9.17) is 11.6 Å². The number of piperidine rings is 1. The summed E-state index contributed by atoms with van der Waals surface area (Å²) in [6, 6.07) is 6.60. The average molecular weight is 492 g/mol. The van der Waals surface area contributed by atoms with Crippen molar-refractivity contribution in [3.05, 3.63) is 34.9 Å². The van der Waals surface area contributed by atoms with E-state index >= 15 is 0 Å². The van der Waals surface area contributed by atoms with Crippen LogP contribution in [0, 0.1) is 17.3 Å². The number of carbonyl (C=O) groups excluding carboxylic acids is 3. The van der Waals surface area contributed by atoms with Crippen molar-refractivity contribution in [2.24, 2.45) is 17.3 Å². The smallest absolute Gasteiger partial charge is 0.245 e. The van der Waals surface area contributed by atoms with E-state index in [0.29, 0.717) is 44.0 Å². The summed E-state index contributed by atoms with van der Waals surface area (Å²) in [5, 5.41) is 15.2. The quantitative estimate of drug-likeness (QED) is 0.639. The number of hydrogen-bond donors (Lipinski definition) is 2. The van der Waals surface area contributed by atoms with Crippen molar-refractivity contribution in [1.29, 1.82) is 0 Å². The molecule has 0 saturated carbocycles. The number of likely N-dealkylation sites (tertiary alicyclic amines) is 2. The number of nitrogens with zero attached hydrogens (tertiary/aromatic N) is 2. The third-order valence-electron chi connectivity index (χ3n) is 7.54. The minimum atomic E-state index is -1.09. The largest absolute Gasteiger partial charge is 0.384 e. The minimum Gasteiger partial charge on any atom is -0.384 e. The molecule has 3 amide bonds. The average Bonchev–Trinajstić information content (AvgIpc) is 3.22. The van der Waals surface area contributed by atoms with Crippen molar-refractivity contribution < 1.29 is 19.5 Å². The molecule has 3 rings (SSSR count). The highest BCUT2D eigenvalue weighted by Gasteiger charge is 2.50. The predicted molar refractivity (Wildman–Crippen MR) is 132 cm³/mol. The number of rotatable bonds is 6. The Morgan fingerprint density at radius 2 is 1.79 bits per heavy atom. The second-order valence-corrected chi connectivity index (χ2v) is 11.3. The molecule has 2 heterocycles. The van der Waals surface area contributed by atoms with Crippen LogP contribution in [0.25, 0.3) is 0 Å². The van der Waals surface area contributed by atoms with Gasteiger partial charge in [0.15, 0.2) is 0 Å². The van der Waals surface area contributed by atoms with Crippen molar-refractivity contribution in [3.8, 4) is 0 Å². The van der Waals surface area contributed by atoms with E-state index in [1.165, 1.54) is 0 Å². The molecular weight excluding hydrogens is 454 g/mol. The van der Waals surface area contributed by atoms with Gasteiger partial charge in [0.2, 0.25) is 17.7 Å². The lowest BCUT2D eigenvalue weighted by molar-refractivity contribution is -0.156. The van der Waals surface area contributed by atoms with Gasteiger partial charge >= 0.3 is 0 Å². The first-order valence-electron chi connectivity index (χ1n) is 12.2. The first-order valence-corrected chi connectivity index (χ1v) is 12.5. The molecule has 188 valence electrons. The van der Waals surface area contributed by atoms with Crippen LogP contribution < -0.4 is 5.32 Å². The van der Waals surface area contributed by atoms with Crippen LogP contribution in [0.4, 0.5) is 0 Å². The lowest BCUT2D eigenvalue weighted by Crippen LogP contribution is -2.60. The van der Waals surface area contributed by atoms with E-state index in [0.717, 1.165) is 12.0 Å². The lowest BCUT2D eigenvalue weighted by atomic mass is 9.66. The second-order valence-electron chi connectivity index (χ2n) is 10.9. The van der Waals surface area contributed by atoms with Gasteiger partial charge < -0.3 is 20.2 Å². The Hall–Kier alpha value is -2.12. The molecule has 0 aromatic heterocycles. The Bertz CT molecular complexity index is 917. The molecule has 0 aliphatic carbocycles. The van der Waals surface area contributed by atoms with Crippen molar-refractivity contribution in [2.75, 3.05) is 26.2 Å². The highest BCUT2D eigenvalue weighted by atomic mass is 35.5. The minimum absolute atomic E-state index is 0.0319. The van der Waals surface area contributed by atoms with Gasteiger partial charge in [0.05, 0.1) is 5.60 Å². The molecular formula is C26H38ClN3O4. The zero-order chi connectivity index (χ0) is 25.3. The summed E-state index contributed by atoms with van der Waals surface area (Å²) < 4.78 is 0. The Morgan fingerprint density at radius 1 is 1.15 bits per heavy atom. The highest BCUT2D eigenvalue weighted by molar-refractivity contribution is 6.30. The topological polar surface area (TPSA) is 90.0 Å². The first kappa shape index (κ1) is 26.5. The first-order chi connectivity index (χ1) is 15.8. The maximum atomic E-state index is 13.5. The fraction of sp³-hybridized carbons (Fsp3) is 0.654. The third kappa shape index (κ3) is 5.57. The number of halogens is 1. The van der Waals surface area contributed by atoms with Crippen molar-refractivity contribution in [3.63, 3.8) is 0 Å². The van der Waals surface area contributed by atoms with E-state index in [9.17, 15) is 19.5 Å².